The summed E-state index contributed by atoms with van der Waals surface area (Å²) in [5.74, 6) is 1.39. The molecular weight excluding hydrogens is 331 g/mol. The van der Waals surface area contributed by atoms with Gasteiger partial charge in [-0.25, -0.2) is 9.07 Å². The van der Waals surface area contributed by atoms with Crippen LogP contribution in [0.3, 0.4) is 0 Å². The van der Waals surface area contributed by atoms with Crippen LogP contribution in [0.4, 0.5) is 4.39 Å². The molecule has 0 aliphatic heterocycles. The van der Waals surface area contributed by atoms with Crippen LogP contribution in [-0.2, 0) is 6.54 Å². The minimum absolute atomic E-state index is 0.207. The third-order valence-electron chi connectivity index (χ3n) is 6.43. The summed E-state index contributed by atoms with van der Waals surface area (Å²) in [5, 5.41) is 10.9. The minimum Gasteiger partial charge on any atom is -0.350 e. The van der Waals surface area contributed by atoms with E-state index in [0.29, 0.717) is 29.4 Å². The number of hydrogen-bond donors (Lipinski definition) is 1. The maximum atomic E-state index is 13.7. The molecule has 1 spiro atoms. The van der Waals surface area contributed by atoms with Gasteiger partial charge in [0, 0.05) is 12.1 Å². The van der Waals surface area contributed by atoms with Gasteiger partial charge in [-0.2, -0.15) is 0 Å². The largest absolute Gasteiger partial charge is 0.350 e. The second kappa shape index (κ2) is 5.76. The van der Waals surface area contributed by atoms with Crippen LogP contribution in [0.1, 0.15) is 35.3 Å². The average molecular weight is 352 g/mol. The lowest BCUT2D eigenvalue weighted by Crippen LogP contribution is -2.31. The van der Waals surface area contributed by atoms with Gasteiger partial charge in [-0.1, -0.05) is 35.6 Å². The van der Waals surface area contributed by atoms with Crippen molar-refractivity contribution < 1.29 is 9.18 Å². The van der Waals surface area contributed by atoms with Crippen molar-refractivity contribution in [2.24, 2.45) is 23.2 Å². The fourth-order valence-electron chi connectivity index (χ4n) is 4.95. The zero-order chi connectivity index (χ0) is 17.7. The molecule has 2 saturated carbocycles. The molecule has 1 heterocycles. The van der Waals surface area contributed by atoms with Crippen LogP contribution in [0.2, 0.25) is 0 Å². The van der Waals surface area contributed by atoms with Gasteiger partial charge in [0.15, 0.2) is 5.69 Å². The van der Waals surface area contributed by atoms with Crippen molar-refractivity contribution in [3.8, 4) is 0 Å². The van der Waals surface area contributed by atoms with Crippen LogP contribution < -0.4 is 5.32 Å². The Morgan fingerprint density at radius 2 is 2.15 bits per heavy atom. The molecule has 2 aromatic rings. The molecule has 6 heteroatoms. The van der Waals surface area contributed by atoms with Crippen molar-refractivity contribution in [3.63, 3.8) is 0 Å². The van der Waals surface area contributed by atoms with E-state index < -0.39 is 0 Å². The second-order valence-corrected chi connectivity index (χ2v) is 7.85. The Balaban J connectivity index is 1.20. The number of hydrogen-bond acceptors (Lipinski definition) is 3. The van der Waals surface area contributed by atoms with Gasteiger partial charge in [-0.3, -0.25) is 4.79 Å². The number of amides is 1. The molecule has 2 fully saturated rings. The van der Waals surface area contributed by atoms with E-state index in [4.69, 9.17) is 0 Å². The number of nitrogens with one attached hydrogen (secondary N) is 1. The SMILES string of the molecule is O=C(NC[C@H]1C[C@H]2C=C[C@H]1C21CC1)c1cn(Cc2ccccc2F)nn1. The normalized spacial score (nSPS) is 27.2. The molecule has 1 N–H and O–H groups in total. The molecule has 26 heavy (non-hydrogen) atoms. The Morgan fingerprint density at radius 1 is 1.31 bits per heavy atom. The third kappa shape index (κ3) is 2.47. The van der Waals surface area contributed by atoms with Crippen LogP contribution in [-0.4, -0.2) is 27.4 Å². The lowest BCUT2D eigenvalue weighted by atomic mass is 9.89. The number of aromatic nitrogens is 3. The number of halogens is 1. The molecule has 2 bridgehead atoms. The maximum absolute atomic E-state index is 13.7. The van der Waals surface area contributed by atoms with Crippen molar-refractivity contribution in [3.05, 3.63) is 59.7 Å². The zero-order valence-corrected chi connectivity index (χ0v) is 14.4. The van der Waals surface area contributed by atoms with E-state index in [1.807, 2.05) is 0 Å². The third-order valence-corrected chi connectivity index (χ3v) is 6.43. The molecule has 3 aliphatic rings. The van der Waals surface area contributed by atoms with Crippen LogP contribution in [0.5, 0.6) is 0 Å². The summed E-state index contributed by atoms with van der Waals surface area (Å²) < 4.78 is 15.2. The molecule has 3 atom stereocenters. The monoisotopic (exact) mass is 352 g/mol. The molecule has 134 valence electrons. The molecule has 0 unspecified atom stereocenters. The highest BCUT2D eigenvalue weighted by atomic mass is 19.1. The molecule has 3 aliphatic carbocycles. The molecular formula is C20H21FN4O. The molecule has 5 nitrogen and oxygen atoms in total. The fraction of sp³-hybridized carbons (Fsp3) is 0.450. The highest BCUT2D eigenvalue weighted by Gasteiger charge is 2.62. The number of carbonyl (C=O) groups excluding carboxylic acids is 1. The summed E-state index contributed by atoms with van der Waals surface area (Å²) in [6.45, 7) is 0.943. The van der Waals surface area contributed by atoms with E-state index in [1.54, 1.807) is 24.4 Å². The predicted molar refractivity (Wildman–Crippen MR) is 93.8 cm³/mol. The Labute approximate surface area is 151 Å². The van der Waals surface area contributed by atoms with Crippen molar-refractivity contribution in [1.29, 1.82) is 0 Å². The van der Waals surface area contributed by atoms with Gasteiger partial charge in [-0.15, -0.1) is 5.10 Å². The Bertz CT molecular complexity index is 885. The summed E-state index contributed by atoms with van der Waals surface area (Å²) in [6, 6.07) is 6.54. The van der Waals surface area contributed by atoms with Crippen LogP contribution >= 0.6 is 0 Å². The fourth-order valence-corrected chi connectivity index (χ4v) is 4.95. The van der Waals surface area contributed by atoms with E-state index in [1.165, 1.54) is 30.0 Å². The summed E-state index contributed by atoms with van der Waals surface area (Å²) in [7, 11) is 0. The van der Waals surface area contributed by atoms with Gasteiger partial charge in [0.25, 0.3) is 5.91 Å². The van der Waals surface area contributed by atoms with E-state index in [0.717, 1.165) is 5.92 Å². The first-order valence-corrected chi connectivity index (χ1v) is 9.26. The van der Waals surface area contributed by atoms with Crippen LogP contribution in [0, 0.1) is 29.0 Å². The maximum Gasteiger partial charge on any atom is 0.273 e. The van der Waals surface area contributed by atoms with E-state index in [9.17, 15) is 9.18 Å². The summed E-state index contributed by atoms with van der Waals surface area (Å²) in [4.78, 5) is 12.4. The number of allylic oxidation sites excluding steroid dienone is 2. The highest BCUT2D eigenvalue weighted by molar-refractivity contribution is 5.91. The zero-order valence-electron chi connectivity index (χ0n) is 14.4. The van der Waals surface area contributed by atoms with Crippen molar-refractivity contribution in [1.82, 2.24) is 20.3 Å². The average Bonchev–Trinajstić information content (AvgIpc) is 3.07. The Morgan fingerprint density at radius 3 is 2.92 bits per heavy atom. The quantitative estimate of drug-likeness (QED) is 0.842. The topological polar surface area (TPSA) is 59.8 Å². The van der Waals surface area contributed by atoms with Gasteiger partial charge in [0.2, 0.25) is 0 Å². The molecule has 1 aromatic carbocycles. The Kier molecular flexibility index (Phi) is 3.48. The van der Waals surface area contributed by atoms with Gasteiger partial charge >= 0.3 is 0 Å². The minimum atomic E-state index is -0.285. The van der Waals surface area contributed by atoms with Crippen molar-refractivity contribution in [2.75, 3.05) is 6.54 Å². The van der Waals surface area contributed by atoms with Crippen LogP contribution in [0.15, 0.2) is 42.6 Å². The summed E-state index contributed by atoms with van der Waals surface area (Å²) >= 11 is 0. The van der Waals surface area contributed by atoms with Crippen molar-refractivity contribution >= 4 is 5.91 Å². The smallest absolute Gasteiger partial charge is 0.273 e. The number of carbonyl (C=O) groups is 1. The standard InChI is InChI=1S/C20H21FN4O/c21-17-4-2-1-3-13(17)11-25-12-18(23-24-25)19(26)22-10-14-9-15-5-6-16(14)20(15)7-8-20/h1-6,12,14-16H,7-11H2,(H,22,26)/t14-,15-,16-/m1/s1. The van der Waals surface area contributed by atoms with Gasteiger partial charge in [0.05, 0.1) is 12.7 Å². The summed E-state index contributed by atoms with van der Waals surface area (Å²) in [5.41, 5.74) is 1.34. The molecule has 1 aromatic heterocycles. The summed E-state index contributed by atoms with van der Waals surface area (Å²) in [6.07, 6.45) is 10.2. The predicted octanol–water partition coefficient (Wildman–Crippen LogP) is 2.80. The first kappa shape index (κ1) is 15.7. The number of nitrogens with zero attached hydrogens (tertiary/aromatic N) is 3. The van der Waals surface area contributed by atoms with Crippen LogP contribution in [0.25, 0.3) is 0 Å². The molecule has 5 rings (SSSR count). The molecule has 0 saturated heterocycles. The van der Waals surface area contributed by atoms with E-state index in [-0.39, 0.29) is 24.0 Å². The molecule has 0 radical (unpaired) electrons. The highest BCUT2D eigenvalue weighted by Crippen LogP contribution is 2.69. The van der Waals surface area contributed by atoms with Crippen molar-refractivity contribution in [2.45, 2.75) is 25.8 Å². The number of benzene rings is 1. The first-order chi connectivity index (χ1) is 12.7. The Hall–Kier alpha value is -2.50. The lowest BCUT2D eigenvalue weighted by molar-refractivity contribution is 0.0939. The second-order valence-electron chi connectivity index (χ2n) is 7.85. The first-order valence-electron chi connectivity index (χ1n) is 9.26. The number of rotatable bonds is 5. The van der Waals surface area contributed by atoms with E-state index >= 15 is 0 Å². The lowest BCUT2D eigenvalue weighted by Gasteiger charge is -2.19. The van der Waals surface area contributed by atoms with E-state index in [2.05, 4.69) is 27.8 Å². The molecule has 1 amide bonds. The van der Waals surface area contributed by atoms with Gasteiger partial charge in [-0.05, 0) is 48.5 Å². The van der Waals surface area contributed by atoms with Gasteiger partial charge < -0.3 is 5.32 Å². The van der Waals surface area contributed by atoms with Gasteiger partial charge in [0.1, 0.15) is 5.82 Å².